The smallest absolute Gasteiger partial charge is 0.372 e. The largest absolute Gasteiger partial charge is 0.416 e. The molecule has 2 aromatic heterocycles. The third kappa shape index (κ3) is 6.04. The van der Waals surface area contributed by atoms with Crippen molar-refractivity contribution in [3.63, 3.8) is 0 Å². The molecule has 0 aliphatic carbocycles. The zero-order valence-electron chi connectivity index (χ0n) is 19.9. The molecule has 4 rings (SSSR count). The molecule has 0 fully saturated rings. The van der Waals surface area contributed by atoms with E-state index < -0.39 is 11.7 Å². The van der Waals surface area contributed by atoms with Gasteiger partial charge in [0.1, 0.15) is 11.6 Å². The fraction of sp³-hybridized carbons (Fsp3) is 0.120. The highest BCUT2D eigenvalue weighted by molar-refractivity contribution is 5.99. The second-order valence-electron chi connectivity index (χ2n) is 7.87. The van der Waals surface area contributed by atoms with Gasteiger partial charge in [-0.1, -0.05) is 24.8 Å². The molecule has 9 nitrogen and oxygen atoms in total. The van der Waals surface area contributed by atoms with Crippen LogP contribution in [0.2, 0.25) is 0 Å². The van der Waals surface area contributed by atoms with Crippen molar-refractivity contribution < 1.29 is 18.0 Å². The van der Waals surface area contributed by atoms with E-state index >= 15 is 0 Å². The zero-order valence-corrected chi connectivity index (χ0v) is 19.9. The minimum atomic E-state index is -4.46. The van der Waals surface area contributed by atoms with Gasteiger partial charge in [0.05, 0.1) is 23.0 Å². The summed E-state index contributed by atoms with van der Waals surface area (Å²) in [7, 11) is 3.42. The summed E-state index contributed by atoms with van der Waals surface area (Å²) < 4.78 is 41.1. The van der Waals surface area contributed by atoms with Gasteiger partial charge in [-0.05, 0) is 42.0 Å². The summed E-state index contributed by atoms with van der Waals surface area (Å²) in [5.74, 6) is 0.550. The van der Waals surface area contributed by atoms with Crippen LogP contribution in [0.1, 0.15) is 5.56 Å². The SMILES string of the molecule is C=CC(=O)Nc1cccc(Nc2nc(Nc3cnn(C)c3)nc(NC)c2-c2ccc(C(F)(F)F)cc2)c1. The van der Waals surface area contributed by atoms with Gasteiger partial charge in [-0.15, -0.1) is 0 Å². The van der Waals surface area contributed by atoms with E-state index in [1.165, 1.54) is 12.1 Å². The summed E-state index contributed by atoms with van der Waals surface area (Å²) >= 11 is 0. The highest BCUT2D eigenvalue weighted by atomic mass is 19.4. The summed E-state index contributed by atoms with van der Waals surface area (Å²) in [6.07, 6.45) is 0.0364. The number of nitrogens with one attached hydrogen (secondary N) is 4. The van der Waals surface area contributed by atoms with Crippen LogP contribution in [-0.2, 0) is 18.0 Å². The van der Waals surface area contributed by atoms with Crippen LogP contribution >= 0.6 is 0 Å². The molecule has 0 aliphatic heterocycles. The van der Waals surface area contributed by atoms with E-state index in [1.807, 2.05) is 0 Å². The number of nitrogens with zero attached hydrogens (tertiary/aromatic N) is 4. The molecular weight excluding hydrogens is 485 g/mol. The number of hydrogen-bond donors (Lipinski definition) is 4. The maximum atomic E-state index is 13.1. The molecule has 190 valence electrons. The molecule has 0 spiro atoms. The maximum absolute atomic E-state index is 13.1. The fourth-order valence-electron chi connectivity index (χ4n) is 3.51. The standard InChI is InChI=1S/C25H23F3N8O/c1-4-20(37)31-17-6-5-7-18(12-17)32-23-21(15-8-10-16(11-9-15)25(26,27)28)22(29-2)34-24(35-23)33-19-13-30-36(3)14-19/h4-14H,1H2,2-3H3,(H,31,37)(H3,29,32,33,34,35). The first-order chi connectivity index (χ1) is 17.7. The molecule has 0 radical (unpaired) electrons. The van der Waals surface area contributed by atoms with Gasteiger partial charge in [0.25, 0.3) is 0 Å². The van der Waals surface area contributed by atoms with Gasteiger partial charge >= 0.3 is 6.18 Å². The second kappa shape index (κ2) is 10.4. The molecule has 2 aromatic carbocycles. The predicted molar refractivity (Wildman–Crippen MR) is 137 cm³/mol. The molecule has 0 unspecified atom stereocenters. The molecule has 0 bridgehead atoms. The van der Waals surface area contributed by atoms with E-state index in [0.717, 1.165) is 18.2 Å². The van der Waals surface area contributed by atoms with Crippen molar-refractivity contribution in [1.82, 2.24) is 19.7 Å². The minimum Gasteiger partial charge on any atom is -0.372 e. The van der Waals surface area contributed by atoms with Crippen LogP contribution in [-0.4, -0.2) is 32.7 Å². The normalized spacial score (nSPS) is 11.1. The third-order valence-corrected chi connectivity index (χ3v) is 5.19. The Hall–Kier alpha value is -4.87. The Morgan fingerprint density at radius 3 is 2.32 bits per heavy atom. The summed E-state index contributed by atoms with van der Waals surface area (Å²) in [4.78, 5) is 20.8. The summed E-state index contributed by atoms with van der Waals surface area (Å²) in [6, 6.07) is 11.6. The molecule has 0 saturated carbocycles. The van der Waals surface area contributed by atoms with E-state index in [9.17, 15) is 18.0 Å². The first-order valence-electron chi connectivity index (χ1n) is 11.0. The van der Waals surface area contributed by atoms with Crippen LogP contribution in [0.4, 0.5) is 47.8 Å². The van der Waals surface area contributed by atoms with Gasteiger partial charge in [-0.25, -0.2) is 0 Å². The van der Waals surface area contributed by atoms with Gasteiger partial charge in [-0.3, -0.25) is 9.48 Å². The number of hydrogen-bond acceptors (Lipinski definition) is 7. The van der Waals surface area contributed by atoms with Crippen LogP contribution in [0.5, 0.6) is 0 Å². The lowest BCUT2D eigenvalue weighted by Crippen LogP contribution is -2.09. The Labute approximate surface area is 210 Å². The number of rotatable bonds is 8. The molecule has 12 heteroatoms. The Kier molecular flexibility index (Phi) is 7.09. The molecule has 1 amide bonds. The number of alkyl halides is 3. The lowest BCUT2D eigenvalue weighted by Gasteiger charge is -2.18. The highest BCUT2D eigenvalue weighted by Crippen LogP contribution is 2.38. The predicted octanol–water partition coefficient (Wildman–Crippen LogP) is 5.55. The van der Waals surface area contributed by atoms with Crippen LogP contribution in [0.25, 0.3) is 11.1 Å². The number of aryl methyl sites for hydroxylation is 1. The van der Waals surface area contributed by atoms with E-state index in [2.05, 4.69) is 42.9 Å². The number of carbonyl (C=O) groups is 1. The van der Waals surface area contributed by atoms with E-state index in [4.69, 9.17) is 0 Å². The first-order valence-corrected chi connectivity index (χ1v) is 11.0. The van der Waals surface area contributed by atoms with Crippen molar-refractivity contribution in [1.29, 1.82) is 0 Å². The Morgan fingerprint density at radius 2 is 1.70 bits per heavy atom. The minimum absolute atomic E-state index is 0.228. The van der Waals surface area contributed by atoms with Gasteiger partial charge in [-0.2, -0.15) is 28.2 Å². The Bertz CT molecular complexity index is 1430. The number of anilines is 6. The number of aromatic nitrogens is 4. The molecule has 4 aromatic rings. The number of halogens is 3. The van der Waals surface area contributed by atoms with E-state index in [0.29, 0.717) is 39.8 Å². The fourth-order valence-corrected chi connectivity index (χ4v) is 3.51. The van der Waals surface area contributed by atoms with Gasteiger partial charge < -0.3 is 21.3 Å². The van der Waals surface area contributed by atoms with Gasteiger partial charge in [0.15, 0.2) is 0 Å². The van der Waals surface area contributed by atoms with Crippen molar-refractivity contribution in [2.45, 2.75) is 6.18 Å². The van der Waals surface area contributed by atoms with Crippen LogP contribution in [0.3, 0.4) is 0 Å². The van der Waals surface area contributed by atoms with Crippen molar-refractivity contribution in [2.75, 3.05) is 28.3 Å². The summed E-state index contributed by atoms with van der Waals surface area (Å²) in [5, 5.41) is 16.1. The average Bonchev–Trinajstić information content (AvgIpc) is 3.27. The zero-order chi connectivity index (χ0) is 26.6. The first kappa shape index (κ1) is 25.2. The molecule has 0 saturated heterocycles. The van der Waals surface area contributed by atoms with E-state index in [-0.39, 0.29) is 11.9 Å². The number of amides is 1. The summed E-state index contributed by atoms with van der Waals surface area (Å²) in [6.45, 7) is 3.44. The van der Waals surface area contributed by atoms with Crippen LogP contribution < -0.4 is 21.3 Å². The third-order valence-electron chi connectivity index (χ3n) is 5.19. The lowest BCUT2D eigenvalue weighted by atomic mass is 10.0. The quantitative estimate of drug-likeness (QED) is 0.231. The monoisotopic (exact) mass is 508 g/mol. The molecule has 0 atom stereocenters. The average molecular weight is 509 g/mol. The lowest BCUT2D eigenvalue weighted by molar-refractivity contribution is -0.137. The van der Waals surface area contributed by atoms with Crippen molar-refractivity contribution in [2.24, 2.45) is 7.05 Å². The molecule has 2 heterocycles. The second-order valence-corrected chi connectivity index (χ2v) is 7.87. The summed E-state index contributed by atoms with van der Waals surface area (Å²) in [5.41, 5.74) is 1.88. The molecule has 4 N–H and O–H groups in total. The van der Waals surface area contributed by atoms with Crippen LogP contribution in [0, 0.1) is 0 Å². The Balaban J connectivity index is 1.79. The van der Waals surface area contributed by atoms with E-state index in [1.54, 1.807) is 55.4 Å². The number of carbonyl (C=O) groups excluding carboxylic acids is 1. The van der Waals surface area contributed by atoms with Crippen molar-refractivity contribution in [3.05, 3.63) is 79.1 Å². The molecule has 0 aliphatic rings. The molecule has 37 heavy (non-hydrogen) atoms. The number of benzene rings is 2. The molecular formula is C25H23F3N8O. The topological polar surface area (TPSA) is 109 Å². The maximum Gasteiger partial charge on any atom is 0.416 e. The Morgan fingerprint density at radius 1 is 1.00 bits per heavy atom. The van der Waals surface area contributed by atoms with Crippen molar-refractivity contribution >= 4 is 40.6 Å². The van der Waals surface area contributed by atoms with Crippen molar-refractivity contribution in [3.8, 4) is 11.1 Å². The van der Waals surface area contributed by atoms with Gasteiger partial charge in [0.2, 0.25) is 11.9 Å². The highest BCUT2D eigenvalue weighted by Gasteiger charge is 2.30. The van der Waals surface area contributed by atoms with Gasteiger partial charge in [0, 0.05) is 31.7 Å². The van der Waals surface area contributed by atoms with Crippen LogP contribution in [0.15, 0.2) is 73.6 Å².